The predicted molar refractivity (Wildman–Crippen MR) is 103 cm³/mol. The predicted octanol–water partition coefficient (Wildman–Crippen LogP) is 3.28. The van der Waals surface area contributed by atoms with Gasteiger partial charge in [-0.05, 0) is 13.0 Å². The third-order valence-corrected chi connectivity index (χ3v) is 6.06. The first kappa shape index (κ1) is 25.0. The van der Waals surface area contributed by atoms with Crippen molar-refractivity contribution >= 4 is 21.6 Å². The van der Waals surface area contributed by atoms with Gasteiger partial charge in [-0.1, -0.05) is 0 Å². The molecule has 1 amide bonds. The van der Waals surface area contributed by atoms with Crippen molar-refractivity contribution in [2.45, 2.75) is 56.5 Å². The Morgan fingerprint density at radius 2 is 1.94 bits per heavy atom. The lowest BCUT2D eigenvalue weighted by Gasteiger charge is -2.46. The number of nitrogens with one attached hydrogen (secondary N) is 1. The maximum Gasteiger partial charge on any atom is 0.289 e. The number of carbonyl (C=O) groups is 1. The van der Waals surface area contributed by atoms with E-state index in [-0.39, 0.29) is 11.3 Å². The minimum absolute atomic E-state index is 0.144. The largest absolute Gasteiger partial charge is 0.321 e. The van der Waals surface area contributed by atoms with E-state index in [9.17, 15) is 39.6 Å². The minimum atomic E-state index is -4.23. The standard InChI is InChI=1S/C18H19F6N5O3S/c1-9-12(14(30)27-10-3-4-26-11(5-10)33(25,31)32)29(28-13(9)16(2,21)22)8-17(15(19)20)6-18(23,24)7-17/h3-5,15H,6-8H2,1-2H3,(H2,25,31,32)(H,26,27,30). The molecule has 1 aliphatic rings. The Balaban J connectivity index is 2.02. The fourth-order valence-corrected chi connectivity index (χ4v) is 4.31. The van der Waals surface area contributed by atoms with Gasteiger partial charge in [-0.15, -0.1) is 0 Å². The molecule has 2 aromatic rings. The number of rotatable bonds is 7. The lowest BCUT2D eigenvalue weighted by Crippen LogP contribution is -2.53. The molecular formula is C18H19F6N5O3S. The molecule has 0 spiro atoms. The number of carbonyl (C=O) groups excluding carboxylic acids is 1. The van der Waals surface area contributed by atoms with Crippen LogP contribution in [0.1, 0.15) is 41.5 Å². The Kier molecular flexibility index (Phi) is 6.03. The van der Waals surface area contributed by atoms with E-state index in [2.05, 4.69) is 15.4 Å². The summed E-state index contributed by atoms with van der Waals surface area (Å²) in [6.07, 6.45) is -4.61. The second-order valence-corrected chi connectivity index (χ2v) is 9.63. The monoisotopic (exact) mass is 499 g/mol. The first-order valence-corrected chi connectivity index (χ1v) is 10.9. The average Bonchev–Trinajstić information content (AvgIpc) is 2.95. The van der Waals surface area contributed by atoms with Gasteiger partial charge in [0.15, 0.2) is 5.03 Å². The van der Waals surface area contributed by atoms with Crippen LogP contribution in [0.4, 0.5) is 32.0 Å². The van der Waals surface area contributed by atoms with E-state index in [1.165, 1.54) is 6.07 Å². The molecule has 3 N–H and O–H groups in total. The number of primary sulfonamides is 1. The number of hydrogen-bond donors (Lipinski definition) is 2. The normalized spacial score (nSPS) is 17.6. The number of anilines is 1. The molecule has 0 radical (unpaired) electrons. The summed E-state index contributed by atoms with van der Waals surface area (Å²) in [5.74, 6) is -8.01. The van der Waals surface area contributed by atoms with Gasteiger partial charge in [0.1, 0.15) is 11.4 Å². The summed E-state index contributed by atoms with van der Waals surface area (Å²) in [4.78, 5) is 16.4. The molecule has 0 saturated heterocycles. The van der Waals surface area contributed by atoms with Gasteiger partial charge in [0.2, 0.25) is 12.3 Å². The van der Waals surface area contributed by atoms with Gasteiger partial charge in [0, 0.05) is 43.3 Å². The molecule has 2 aromatic heterocycles. The summed E-state index contributed by atoms with van der Waals surface area (Å²) >= 11 is 0. The topological polar surface area (TPSA) is 120 Å². The van der Waals surface area contributed by atoms with Crippen molar-refractivity contribution < 1.29 is 39.6 Å². The molecule has 0 aliphatic heterocycles. The van der Waals surface area contributed by atoms with Crippen LogP contribution in [-0.4, -0.2) is 41.4 Å². The van der Waals surface area contributed by atoms with Gasteiger partial charge in [-0.25, -0.2) is 36.1 Å². The van der Waals surface area contributed by atoms with E-state index in [1.54, 1.807) is 0 Å². The summed E-state index contributed by atoms with van der Waals surface area (Å²) in [5, 5.41) is 10.2. The highest BCUT2D eigenvalue weighted by Gasteiger charge is 2.62. The molecule has 0 unspecified atom stereocenters. The van der Waals surface area contributed by atoms with Crippen molar-refractivity contribution in [3.05, 3.63) is 35.3 Å². The van der Waals surface area contributed by atoms with Crippen LogP contribution in [0.15, 0.2) is 23.4 Å². The van der Waals surface area contributed by atoms with Crippen molar-refractivity contribution in [3.8, 4) is 0 Å². The molecular weight excluding hydrogens is 480 g/mol. The molecule has 3 rings (SSSR count). The number of hydrogen-bond acceptors (Lipinski definition) is 5. The number of sulfonamides is 1. The van der Waals surface area contributed by atoms with Gasteiger partial charge in [-0.2, -0.15) is 13.9 Å². The Morgan fingerprint density at radius 1 is 1.33 bits per heavy atom. The van der Waals surface area contributed by atoms with E-state index >= 15 is 0 Å². The third kappa shape index (κ3) is 4.98. The molecule has 1 saturated carbocycles. The lowest BCUT2D eigenvalue weighted by atomic mass is 9.66. The third-order valence-electron chi connectivity index (χ3n) is 5.25. The van der Waals surface area contributed by atoms with Gasteiger partial charge < -0.3 is 5.32 Å². The van der Waals surface area contributed by atoms with Crippen LogP contribution in [0, 0.1) is 12.3 Å². The maximum atomic E-state index is 14.0. The zero-order valence-corrected chi connectivity index (χ0v) is 18.1. The van der Waals surface area contributed by atoms with E-state index in [0.29, 0.717) is 11.6 Å². The van der Waals surface area contributed by atoms with Crippen LogP contribution in [-0.2, 0) is 22.5 Å². The van der Waals surface area contributed by atoms with Crippen molar-refractivity contribution in [2.24, 2.45) is 10.6 Å². The molecule has 1 aliphatic carbocycles. The molecule has 15 heteroatoms. The molecule has 0 atom stereocenters. The quantitative estimate of drug-likeness (QED) is 0.567. The van der Waals surface area contributed by atoms with Crippen molar-refractivity contribution in [1.29, 1.82) is 0 Å². The Labute approximate surface area is 184 Å². The Bertz CT molecular complexity index is 1180. The van der Waals surface area contributed by atoms with Gasteiger partial charge in [0.25, 0.3) is 21.9 Å². The van der Waals surface area contributed by atoms with Crippen molar-refractivity contribution in [1.82, 2.24) is 14.8 Å². The van der Waals surface area contributed by atoms with E-state index in [1.807, 2.05) is 0 Å². The molecule has 1 fully saturated rings. The number of alkyl halides is 6. The molecule has 8 nitrogen and oxygen atoms in total. The van der Waals surface area contributed by atoms with E-state index < -0.39 is 75.4 Å². The minimum Gasteiger partial charge on any atom is -0.321 e. The van der Waals surface area contributed by atoms with Crippen LogP contribution < -0.4 is 10.5 Å². The summed E-state index contributed by atoms with van der Waals surface area (Å²) in [6, 6.07) is 2.07. The van der Waals surface area contributed by atoms with Crippen LogP contribution in [0.25, 0.3) is 0 Å². The van der Waals surface area contributed by atoms with Crippen molar-refractivity contribution in [2.75, 3.05) is 5.32 Å². The van der Waals surface area contributed by atoms with Crippen LogP contribution in [0.2, 0.25) is 0 Å². The van der Waals surface area contributed by atoms with Gasteiger partial charge >= 0.3 is 0 Å². The number of nitrogens with zero attached hydrogens (tertiary/aromatic N) is 3. The fraction of sp³-hybridized carbons (Fsp3) is 0.500. The number of nitrogens with two attached hydrogens (primary N) is 1. The molecule has 2 heterocycles. The van der Waals surface area contributed by atoms with E-state index in [0.717, 1.165) is 19.2 Å². The maximum absolute atomic E-state index is 14.0. The molecule has 33 heavy (non-hydrogen) atoms. The zero-order chi connectivity index (χ0) is 25.0. The number of amides is 1. The Hall–Kier alpha value is -2.68. The number of halogens is 6. The molecule has 0 aromatic carbocycles. The second-order valence-electron chi connectivity index (χ2n) is 8.12. The van der Waals surface area contributed by atoms with Crippen molar-refractivity contribution in [3.63, 3.8) is 0 Å². The summed E-state index contributed by atoms with van der Waals surface area (Å²) in [7, 11) is -4.23. The first-order chi connectivity index (χ1) is 15.0. The second kappa shape index (κ2) is 7.97. The first-order valence-electron chi connectivity index (χ1n) is 9.37. The fourth-order valence-electron chi connectivity index (χ4n) is 3.82. The van der Waals surface area contributed by atoms with E-state index in [4.69, 9.17) is 5.14 Å². The van der Waals surface area contributed by atoms with Crippen LogP contribution in [0.5, 0.6) is 0 Å². The van der Waals surface area contributed by atoms with Gasteiger partial charge in [0.05, 0.1) is 12.0 Å². The zero-order valence-electron chi connectivity index (χ0n) is 17.3. The van der Waals surface area contributed by atoms with Gasteiger partial charge in [-0.3, -0.25) is 9.48 Å². The van der Waals surface area contributed by atoms with Crippen LogP contribution >= 0.6 is 0 Å². The number of aromatic nitrogens is 3. The number of pyridine rings is 1. The average molecular weight is 499 g/mol. The highest BCUT2D eigenvalue weighted by molar-refractivity contribution is 7.89. The Morgan fingerprint density at radius 3 is 2.42 bits per heavy atom. The smallest absolute Gasteiger partial charge is 0.289 e. The van der Waals surface area contributed by atoms with Crippen LogP contribution in [0.3, 0.4) is 0 Å². The highest BCUT2D eigenvalue weighted by atomic mass is 32.2. The molecule has 0 bridgehead atoms. The SMILES string of the molecule is Cc1c(C(C)(F)F)nn(CC2(C(F)F)CC(F)(F)C2)c1C(=O)Nc1ccnc(S(N)(=O)=O)c1. The summed E-state index contributed by atoms with van der Waals surface area (Å²) in [5.41, 5.74) is -4.20. The summed E-state index contributed by atoms with van der Waals surface area (Å²) in [6.45, 7) is 0.687. The highest BCUT2D eigenvalue weighted by Crippen LogP contribution is 2.56. The lowest BCUT2D eigenvalue weighted by molar-refractivity contribution is -0.217. The summed E-state index contributed by atoms with van der Waals surface area (Å²) < 4.78 is 106. The molecule has 182 valence electrons.